The number of nitrogens with zero attached hydrogens (tertiary/aromatic N) is 1. The molecule has 134 valence electrons. The van der Waals surface area contributed by atoms with Crippen LogP contribution in [0.5, 0.6) is 5.75 Å². The van der Waals surface area contributed by atoms with Crippen LogP contribution in [-0.4, -0.2) is 46.6 Å². The Morgan fingerprint density at radius 1 is 0.960 bits per heavy atom. The van der Waals surface area contributed by atoms with Crippen LogP contribution in [0.15, 0.2) is 64.4 Å². The minimum atomic E-state index is -3.76. The third kappa shape index (κ3) is 3.42. The van der Waals surface area contributed by atoms with E-state index in [1.165, 1.54) is 35.7 Å². The molecule has 3 rings (SSSR count). The molecular formula is C17H19NO5S2. The number of hydrogen-bond donors (Lipinski definition) is 0. The van der Waals surface area contributed by atoms with Gasteiger partial charge in [0.15, 0.2) is 9.84 Å². The lowest BCUT2D eigenvalue weighted by Crippen LogP contribution is -2.32. The third-order valence-corrected chi connectivity index (χ3v) is 8.35. The number of sulfonamides is 1. The van der Waals surface area contributed by atoms with Gasteiger partial charge in [-0.25, -0.2) is 16.8 Å². The molecule has 6 nitrogen and oxygen atoms in total. The standard InChI is InChI=1S/C17H19NO5S2/c1-23-14-6-5-9-16(12-14)25(21,22)18-11-10-17(13-18)24(19,20)15-7-3-2-4-8-15/h2-9,12,17H,10-11,13H2,1H3. The van der Waals surface area contributed by atoms with Gasteiger partial charge in [-0.2, -0.15) is 4.31 Å². The van der Waals surface area contributed by atoms with E-state index >= 15 is 0 Å². The van der Waals surface area contributed by atoms with Gasteiger partial charge in [0, 0.05) is 19.2 Å². The highest BCUT2D eigenvalue weighted by Gasteiger charge is 2.39. The molecular weight excluding hydrogens is 362 g/mol. The molecule has 2 aromatic carbocycles. The first-order valence-electron chi connectivity index (χ1n) is 7.79. The zero-order valence-corrected chi connectivity index (χ0v) is 15.3. The molecule has 0 saturated carbocycles. The van der Waals surface area contributed by atoms with Crippen molar-refractivity contribution in [2.75, 3.05) is 20.2 Å². The highest BCUT2D eigenvalue weighted by molar-refractivity contribution is 7.92. The summed E-state index contributed by atoms with van der Waals surface area (Å²) < 4.78 is 57.3. The lowest BCUT2D eigenvalue weighted by molar-refractivity contribution is 0.412. The van der Waals surface area contributed by atoms with Crippen molar-refractivity contribution in [3.05, 3.63) is 54.6 Å². The van der Waals surface area contributed by atoms with E-state index in [-0.39, 0.29) is 29.3 Å². The Balaban J connectivity index is 1.85. The second kappa shape index (κ2) is 6.78. The molecule has 0 spiro atoms. The monoisotopic (exact) mass is 381 g/mol. The first-order chi connectivity index (χ1) is 11.9. The van der Waals surface area contributed by atoms with Crippen LogP contribution in [0.4, 0.5) is 0 Å². The molecule has 1 atom stereocenters. The van der Waals surface area contributed by atoms with Gasteiger partial charge >= 0.3 is 0 Å². The Morgan fingerprint density at radius 2 is 1.64 bits per heavy atom. The summed E-state index contributed by atoms with van der Waals surface area (Å²) in [4.78, 5) is 0.324. The average Bonchev–Trinajstić information content (AvgIpc) is 3.14. The van der Waals surface area contributed by atoms with Gasteiger partial charge in [-0.05, 0) is 30.7 Å². The molecule has 2 aromatic rings. The van der Waals surface area contributed by atoms with Crippen LogP contribution in [0.1, 0.15) is 6.42 Å². The molecule has 8 heteroatoms. The summed E-state index contributed by atoms with van der Waals surface area (Å²) >= 11 is 0. The van der Waals surface area contributed by atoms with Crippen molar-refractivity contribution >= 4 is 19.9 Å². The minimum Gasteiger partial charge on any atom is -0.497 e. The average molecular weight is 381 g/mol. The molecule has 25 heavy (non-hydrogen) atoms. The maximum absolute atomic E-state index is 12.8. The van der Waals surface area contributed by atoms with Gasteiger partial charge in [0.05, 0.1) is 22.2 Å². The fourth-order valence-corrected chi connectivity index (χ4v) is 6.23. The molecule has 0 aromatic heterocycles. The van der Waals surface area contributed by atoms with E-state index in [2.05, 4.69) is 0 Å². The number of methoxy groups -OCH3 is 1. The Labute approximate surface area is 148 Å². The normalized spacial score (nSPS) is 19.0. The summed E-state index contributed by atoms with van der Waals surface area (Å²) in [5.74, 6) is 0.439. The molecule has 0 N–H and O–H groups in total. The van der Waals surface area contributed by atoms with Crippen LogP contribution in [-0.2, 0) is 19.9 Å². The smallest absolute Gasteiger partial charge is 0.243 e. The fraction of sp³-hybridized carbons (Fsp3) is 0.294. The maximum Gasteiger partial charge on any atom is 0.243 e. The molecule has 1 unspecified atom stereocenters. The van der Waals surface area contributed by atoms with Gasteiger partial charge in [-0.15, -0.1) is 0 Å². The number of ether oxygens (including phenoxy) is 1. The maximum atomic E-state index is 12.8. The summed E-state index contributed by atoms with van der Waals surface area (Å²) in [6.07, 6.45) is 0.278. The van der Waals surface area contributed by atoms with Crippen LogP contribution >= 0.6 is 0 Å². The quantitative estimate of drug-likeness (QED) is 0.791. The zero-order valence-electron chi connectivity index (χ0n) is 13.7. The largest absolute Gasteiger partial charge is 0.497 e. The van der Waals surface area contributed by atoms with Gasteiger partial charge in [0.25, 0.3) is 0 Å². The second-order valence-corrected chi connectivity index (χ2v) is 9.98. The summed E-state index contributed by atoms with van der Waals surface area (Å²) in [6, 6.07) is 14.3. The summed E-state index contributed by atoms with van der Waals surface area (Å²) in [5, 5.41) is -0.740. The predicted molar refractivity (Wildman–Crippen MR) is 93.8 cm³/mol. The lowest BCUT2D eigenvalue weighted by Gasteiger charge is -2.17. The van der Waals surface area contributed by atoms with E-state index in [4.69, 9.17) is 4.74 Å². The Bertz CT molecular complexity index is 956. The predicted octanol–water partition coefficient (Wildman–Crippen LogP) is 1.93. The van der Waals surface area contributed by atoms with E-state index in [1.807, 2.05) is 0 Å². The molecule has 1 fully saturated rings. The van der Waals surface area contributed by atoms with E-state index in [0.717, 1.165) is 0 Å². The summed E-state index contributed by atoms with van der Waals surface area (Å²) in [5.41, 5.74) is 0. The van der Waals surface area contributed by atoms with Gasteiger partial charge in [0.1, 0.15) is 5.75 Å². The van der Waals surface area contributed by atoms with Gasteiger partial charge < -0.3 is 4.74 Å². The van der Waals surface area contributed by atoms with E-state index in [1.54, 1.807) is 30.3 Å². The molecule has 0 amide bonds. The molecule has 1 aliphatic heterocycles. The number of hydrogen-bond acceptors (Lipinski definition) is 5. The Kier molecular flexibility index (Phi) is 4.86. The molecule has 0 radical (unpaired) electrons. The van der Waals surface area contributed by atoms with Crippen LogP contribution < -0.4 is 4.74 Å². The Morgan fingerprint density at radius 3 is 2.32 bits per heavy atom. The Hall–Kier alpha value is -1.90. The van der Waals surface area contributed by atoms with Crippen LogP contribution in [0.25, 0.3) is 0 Å². The van der Waals surface area contributed by atoms with Crippen molar-refractivity contribution in [2.45, 2.75) is 21.5 Å². The fourth-order valence-electron chi connectivity index (χ4n) is 2.88. The first-order valence-corrected chi connectivity index (χ1v) is 10.8. The molecule has 0 aliphatic carbocycles. The zero-order chi connectivity index (χ0) is 18.1. The van der Waals surface area contributed by atoms with Gasteiger partial charge in [0.2, 0.25) is 10.0 Å². The summed E-state index contributed by atoms with van der Waals surface area (Å²) in [6.45, 7) is 0.132. The highest BCUT2D eigenvalue weighted by atomic mass is 32.2. The first kappa shape index (κ1) is 17.9. The van der Waals surface area contributed by atoms with Crippen LogP contribution in [0.2, 0.25) is 0 Å². The van der Waals surface area contributed by atoms with E-state index < -0.39 is 25.1 Å². The number of rotatable bonds is 5. The van der Waals surface area contributed by atoms with Crippen LogP contribution in [0.3, 0.4) is 0 Å². The topological polar surface area (TPSA) is 80.8 Å². The van der Waals surface area contributed by atoms with Crippen molar-refractivity contribution in [3.63, 3.8) is 0 Å². The van der Waals surface area contributed by atoms with Gasteiger partial charge in [-0.3, -0.25) is 0 Å². The third-order valence-electron chi connectivity index (χ3n) is 4.30. The van der Waals surface area contributed by atoms with Gasteiger partial charge in [-0.1, -0.05) is 24.3 Å². The number of sulfone groups is 1. The molecule has 1 heterocycles. The van der Waals surface area contributed by atoms with Crippen LogP contribution in [0, 0.1) is 0 Å². The lowest BCUT2D eigenvalue weighted by atomic mass is 10.3. The minimum absolute atomic E-state index is 0.0449. The number of benzene rings is 2. The van der Waals surface area contributed by atoms with Crippen molar-refractivity contribution < 1.29 is 21.6 Å². The molecule has 1 saturated heterocycles. The van der Waals surface area contributed by atoms with Crippen molar-refractivity contribution in [2.24, 2.45) is 0 Å². The molecule has 0 bridgehead atoms. The van der Waals surface area contributed by atoms with Crippen molar-refractivity contribution in [1.29, 1.82) is 0 Å². The SMILES string of the molecule is COc1cccc(S(=O)(=O)N2CCC(S(=O)(=O)c3ccccc3)C2)c1. The second-order valence-electron chi connectivity index (χ2n) is 5.81. The van der Waals surface area contributed by atoms with E-state index in [0.29, 0.717) is 5.75 Å². The molecule has 1 aliphatic rings. The van der Waals surface area contributed by atoms with Crippen molar-refractivity contribution in [1.82, 2.24) is 4.31 Å². The summed E-state index contributed by atoms with van der Waals surface area (Å²) in [7, 11) is -5.85. The highest BCUT2D eigenvalue weighted by Crippen LogP contribution is 2.29. The van der Waals surface area contributed by atoms with E-state index in [9.17, 15) is 16.8 Å². The van der Waals surface area contributed by atoms with Crippen molar-refractivity contribution in [3.8, 4) is 5.75 Å².